The maximum absolute atomic E-state index is 12.8. The van der Waals surface area contributed by atoms with Crippen LogP contribution in [0, 0.1) is 0 Å². The van der Waals surface area contributed by atoms with Gasteiger partial charge in [0.15, 0.2) is 21.3 Å². The first-order chi connectivity index (χ1) is 9.17. The van der Waals surface area contributed by atoms with Crippen molar-refractivity contribution in [2.75, 3.05) is 11.5 Å². The van der Waals surface area contributed by atoms with Gasteiger partial charge in [0.05, 0.1) is 17.6 Å². The lowest BCUT2D eigenvalue weighted by Gasteiger charge is -2.07. The number of hydrogen-bond donors (Lipinski definition) is 1. The Bertz CT molecular complexity index is 598. The Balaban J connectivity index is 2.03. The monoisotopic (exact) mass is 308 g/mol. The van der Waals surface area contributed by atoms with E-state index in [1.165, 1.54) is 25.1 Å². The molecule has 0 saturated carbocycles. The molecule has 0 aromatic heterocycles. The molecule has 2 rings (SSSR count). The number of aryl methyl sites for hydroxylation is 1. The summed E-state index contributed by atoms with van der Waals surface area (Å²) in [6.07, 6.45) is -4.47. The highest BCUT2D eigenvalue weighted by Gasteiger charge is 2.43. The van der Waals surface area contributed by atoms with Crippen molar-refractivity contribution in [1.29, 1.82) is 0 Å². The number of benzene rings is 1. The lowest BCUT2D eigenvalue weighted by Crippen LogP contribution is -2.25. The molecule has 1 aromatic rings. The van der Waals surface area contributed by atoms with Crippen molar-refractivity contribution in [3.63, 3.8) is 0 Å². The minimum absolute atomic E-state index is 0.0782. The van der Waals surface area contributed by atoms with Gasteiger partial charge in [-0.15, -0.1) is 8.78 Å². The van der Waals surface area contributed by atoms with Crippen LogP contribution < -0.4 is 9.47 Å². The van der Waals surface area contributed by atoms with Gasteiger partial charge in [-0.1, -0.05) is 6.07 Å². The van der Waals surface area contributed by atoms with Gasteiger partial charge >= 0.3 is 6.29 Å². The van der Waals surface area contributed by atoms with Crippen LogP contribution in [0.15, 0.2) is 18.2 Å². The summed E-state index contributed by atoms with van der Waals surface area (Å²) in [6, 6.07) is 4.14. The third-order valence-electron chi connectivity index (χ3n) is 2.66. The molecule has 0 radical (unpaired) electrons. The molecule has 1 aliphatic heterocycles. The van der Waals surface area contributed by atoms with Crippen LogP contribution in [-0.2, 0) is 16.3 Å². The lowest BCUT2D eigenvalue weighted by molar-refractivity contribution is -0.286. The normalized spacial score (nSPS) is 18.0. The second kappa shape index (κ2) is 5.17. The van der Waals surface area contributed by atoms with E-state index >= 15 is 0 Å². The molecule has 1 aliphatic rings. The van der Waals surface area contributed by atoms with Crippen molar-refractivity contribution in [2.24, 2.45) is 0 Å². The number of ether oxygens (including phenoxy) is 2. The van der Waals surface area contributed by atoms with Gasteiger partial charge in [-0.25, -0.2) is 8.42 Å². The topological polar surface area (TPSA) is 72.8 Å². The molecule has 1 unspecified atom stereocenters. The predicted molar refractivity (Wildman–Crippen MR) is 66.7 cm³/mol. The quantitative estimate of drug-likeness (QED) is 0.889. The van der Waals surface area contributed by atoms with Crippen LogP contribution in [-0.4, -0.2) is 37.4 Å². The van der Waals surface area contributed by atoms with Crippen LogP contribution in [0.2, 0.25) is 0 Å². The standard InChI is InChI=1S/C12H14F2O5S/c1-8(15)7-20(16,17)5-4-9-2-3-10-11(6-9)19-12(13,14)18-10/h2-3,6,8,15H,4-5,7H2,1H3. The Morgan fingerprint density at radius 1 is 1.30 bits per heavy atom. The average molecular weight is 308 g/mol. The summed E-state index contributed by atoms with van der Waals surface area (Å²) in [5.41, 5.74) is 0.541. The van der Waals surface area contributed by atoms with E-state index in [9.17, 15) is 17.2 Å². The van der Waals surface area contributed by atoms with E-state index in [2.05, 4.69) is 9.47 Å². The number of aliphatic hydroxyl groups excluding tert-OH is 1. The van der Waals surface area contributed by atoms with Gasteiger partial charge in [0.1, 0.15) is 0 Å². The van der Waals surface area contributed by atoms with Crippen LogP contribution in [0.3, 0.4) is 0 Å². The molecule has 0 aliphatic carbocycles. The number of alkyl halides is 2. The fourth-order valence-corrected chi connectivity index (χ4v) is 3.32. The SMILES string of the molecule is CC(O)CS(=O)(=O)CCc1ccc2c(c1)OC(F)(F)O2. The Labute approximate surface area is 115 Å². The maximum Gasteiger partial charge on any atom is 0.586 e. The summed E-state index contributed by atoms with van der Waals surface area (Å²) in [7, 11) is -3.39. The van der Waals surface area contributed by atoms with E-state index in [1.54, 1.807) is 0 Å². The summed E-state index contributed by atoms with van der Waals surface area (Å²) < 4.78 is 57.4. The smallest absolute Gasteiger partial charge is 0.395 e. The van der Waals surface area contributed by atoms with Crippen molar-refractivity contribution in [1.82, 2.24) is 0 Å². The van der Waals surface area contributed by atoms with Crippen LogP contribution >= 0.6 is 0 Å². The second-order valence-corrected chi connectivity index (χ2v) is 6.89. The highest BCUT2D eigenvalue weighted by atomic mass is 32.2. The van der Waals surface area contributed by atoms with E-state index in [1.807, 2.05) is 0 Å². The molecule has 5 nitrogen and oxygen atoms in total. The molecule has 112 valence electrons. The van der Waals surface area contributed by atoms with Crippen LogP contribution in [0.1, 0.15) is 12.5 Å². The van der Waals surface area contributed by atoms with E-state index in [0.717, 1.165) is 0 Å². The molecular formula is C12H14F2O5S. The Morgan fingerprint density at radius 2 is 1.95 bits per heavy atom. The fourth-order valence-electron chi connectivity index (χ4n) is 1.87. The number of aliphatic hydroxyl groups is 1. The largest absolute Gasteiger partial charge is 0.586 e. The van der Waals surface area contributed by atoms with Crippen LogP contribution in [0.4, 0.5) is 8.78 Å². The van der Waals surface area contributed by atoms with Crippen molar-refractivity contribution >= 4 is 9.84 Å². The minimum atomic E-state index is -3.68. The first-order valence-corrected chi connectivity index (χ1v) is 7.76. The number of sulfone groups is 1. The van der Waals surface area contributed by atoms with Gasteiger partial charge in [0.25, 0.3) is 0 Å². The first kappa shape index (κ1) is 15.0. The van der Waals surface area contributed by atoms with Gasteiger partial charge in [-0.3, -0.25) is 0 Å². The molecule has 20 heavy (non-hydrogen) atoms. The summed E-state index contributed by atoms with van der Waals surface area (Å²) in [6.45, 7) is 1.39. The molecular weight excluding hydrogens is 294 g/mol. The molecule has 0 bridgehead atoms. The Morgan fingerprint density at radius 3 is 2.60 bits per heavy atom. The summed E-state index contributed by atoms with van der Waals surface area (Å²) in [5, 5.41) is 9.07. The lowest BCUT2D eigenvalue weighted by atomic mass is 10.1. The highest BCUT2D eigenvalue weighted by Crippen LogP contribution is 2.41. The molecule has 0 spiro atoms. The van der Waals surface area contributed by atoms with Gasteiger partial charge in [0, 0.05) is 0 Å². The predicted octanol–water partition coefficient (Wildman–Crippen LogP) is 1.35. The number of halogens is 2. The Hall–Kier alpha value is -1.41. The highest BCUT2D eigenvalue weighted by molar-refractivity contribution is 7.91. The molecule has 0 fully saturated rings. The van der Waals surface area contributed by atoms with Crippen LogP contribution in [0.5, 0.6) is 11.5 Å². The van der Waals surface area contributed by atoms with Gasteiger partial charge in [-0.05, 0) is 31.0 Å². The number of rotatable bonds is 5. The van der Waals surface area contributed by atoms with E-state index in [4.69, 9.17) is 5.11 Å². The molecule has 8 heteroatoms. The maximum atomic E-state index is 12.8. The van der Waals surface area contributed by atoms with Crippen LogP contribution in [0.25, 0.3) is 0 Å². The molecule has 0 amide bonds. The molecule has 1 N–H and O–H groups in total. The van der Waals surface area contributed by atoms with E-state index in [-0.39, 0.29) is 29.4 Å². The van der Waals surface area contributed by atoms with Gasteiger partial charge in [0.2, 0.25) is 0 Å². The third kappa shape index (κ3) is 3.80. The third-order valence-corrected chi connectivity index (χ3v) is 4.48. The van der Waals surface area contributed by atoms with Gasteiger partial charge in [-0.2, -0.15) is 0 Å². The zero-order valence-electron chi connectivity index (χ0n) is 10.7. The van der Waals surface area contributed by atoms with Crippen molar-refractivity contribution in [3.05, 3.63) is 23.8 Å². The fraction of sp³-hybridized carbons (Fsp3) is 0.500. The minimum Gasteiger partial charge on any atom is -0.395 e. The molecule has 1 heterocycles. The second-order valence-electron chi connectivity index (χ2n) is 4.66. The zero-order chi connectivity index (χ0) is 15.0. The van der Waals surface area contributed by atoms with Gasteiger partial charge < -0.3 is 14.6 Å². The molecule has 1 aromatic carbocycles. The molecule has 0 saturated heterocycles. The van der Waals surface area contributed by atoms with Crippen molar-refractivity contribution in [2.45, 2.75) is 25.7 Å². The average Bonchev–Trinajstić information content (AvgIpc) is 2.57. The number of fused-ring (bicyclic) bond motifs is 1. The van der Waals surface area contributed by atoms with E-state index in [0.29, 0.717) is 5.56 Å². The van der Waals surface area contributed by atoms with Crippen molar-refractivity contribution < 1.29 is 31.8 Å². The Kier molecular flexibility index (Phi) is 3.88. The number of hydrogen-bond acceptors (Lipinski definition) is 5. The zero-order valence-corrected chi connectivity index (χ0v) is 11.5. The molecule has 1 atom stereocenters. The van der Waals surface area contributed by atoms with E-state index < -0.39 is 22.2 Å². The summed E-state index contributed by atoms with van der Waals surface area (Å²) in [4.78, 5) is 0. The summed E-state index contributed by atoms with van der Waals surface area (Å²) >= 11 is 0. The van der Waals surface area contributed by atoms with Crippen molar-refractivity contribution in [3.8, 4) is 11.5 Å². The first-order valence-electron chi connectivity index (χ1n) is 5.94. The summed E-state index contributed by atoms with van der Waals surface area (Å²) in [5.74, 6) is -0.685.